The molecule has 0 aliphatic rings. The Morgan fingerprint density at radius 3 is 1.83 bits per heavy atom. The third-order valence-corrected chi connectivity index (χ3v) is 7.76. The molecule has 12 heteroatoms. The first-order chi connectivity index (χ1) is 20.3. The molecule has 3 aromatic rings. The van der Waals surface area contributed by atoms with E-state index >= 15 is 0 Å². The summed E-state index contributed by atoms with van der Waals surface area (Å²) in [6, 6.07) is 10.1. The predicted molar refractivity (Wildman–Crippen MR) is 162 cm³/mol. The minimum atomic E-state index is 0.534. The molecule has 1 aromatic carbocycles. The Kier molecular flexibility index (Phi) is 18.0. The molecule has 0 saturated carbocycles. The molecule has 41 heavy (non-hydrogen) atoms. The fourth-order valence-electron chi connectivity index (χ4n) is 3.55. The highest BCUT2D eigenvalue weighted by molar-refractivity contribution is 7.99. The van der Waals surface area contributed by atoms with Crippen molar-refractivity contribution in [2.75, 3.05) is 98.8 Å². The third kappa shape index (κ3) is 14.3. The Hall–Kier alpha value is -1.74. The molecule has 1 N–H and O–H groups in total. The highest BCUT2D eigenvalue weighted by Crippen LogP contribution is 2.28. The van der Waals surface area contributed by atoms with E-state index in [1.807, 2.05) is 30.5 Å². The monoisotopic (exact) mass is 609 g/mol. The van der Waals surface area contributed by atoms with E-state index in [1.165, 1.54) is 10.5 Å². The highest BCUT2D eigenvalue weighted by atomic mass is 32.2. The molecule has 0 aliphatic carbocycles. The van der Waals surface area contributed by atoms with E-state index in [0.29, 0.717) is 85.9 Å². The summed E-state index contributed by atoms with van der Waals surface area (Å²) < 4.78 is 37.9. The van der Waals surface area contributed by atoms with E-state index in [-0.39, 0.29) is 0 Å². The predicted octanol–water partition coefficient (Wildman–Crippen LogP) is 4.40. The van der Waals surface area contributed by atoms with Crippen LogP contribution in [0.5, 0.6) is 0 Å². The summed E-state index contributed by atoms with van der Waals surface area (Å²) in [4.78, 5) is 13.8. The van der Waals surface area contributed by atoms with Crippen LogP contribution in [-0.4, -0.2) is 114 Å². The van der Waals surface area contributed by atoms with E-state index in [4.69, 9.17) is 33.2 Å². The van der Waals surface area contributed by atoms with Gasteiger partial charge in [0.1, 0.15) is 0 Å². The summed E-state index contributed by atoms with van der Waals surface area (Å²) in [5, 5.41) is 0.912. The molecule has 0 unspecified atom stereocenters. The van der Waals surface area contributed by atoms with Gasteiger partial charge in [-0.2, -0.15) is 0 Å². The van der Waals surface area contributed by atoms with Gasteiger partial charge in [0.05, 0.1) is 103 Å². The van der Waals surface area contributed by atoms with Crippen LogP contribution in [0, 0.1) is 6.92 Å². The maximum Gasteiger partial charge on any atom is 0.166 e. The van der Waals surface area contributed by atoms with Gasteiger partial charge in [-0.15, -0.1) is 11.8 Å². The molecule has 10 nitrogen and oxygen atoms in total. The minimum absolute atomic E-state index is 0.534. The zero-order valence-corrected chi connectivity index (χ0v) is 25.8. The molecule has 0 atom stereocenters. The Balaban J connectivity index is 1.11. The Morgan fingerprint density at radius 1 is 0.683 bits per heavy atom. The van der Waals surface area contributed by atoms with Gasteiger partial charge in [0.15, 0.2) is 5.16 Å². The van der Waals surface area contributed by atoms with Crippen molar-refractivity contribution in [2.24, 2.45) is 0 Å². The van der Waals surface area contributed by atoms with Crippen LogP contribution in [0.3, 0.4) is 0 Å². The summed E-state index contributed by atoms with van der Waals surface area (Å²) in [6.07, 6.45) is 1.88. The smallest absolute Gasteiger partial charge is 0.166 e. The molecule has 0 fully saturated rings. The van der Waals surface area contributed by atoms with E-state index < -0.39 is 0 Å². The second-order valence-corrected chi connectivity index (χ2v) is 10.8. The summed E-state index contributed by atoms with van der Waals surface area (Å²) in [7, 11) is 1.65. The van der Waals surface area contributed by atoms with Gasteiger partial charge in [0.2, 0.25) is 0 Å². The number of nitrogens with zero attached hydrogens (tertiary/aromatic N) is 2. The van der Waals surface area contributed by atoms with Gasteiger partial charge in [0, 0.05) is 29.7 Å². The lowest BCUT2D eigenvalue weighted by molar-refractivity contribution is -0.0186. The number of nitrogens with one attached hydrogen (secondary N) is 1. The van der Waals surface area contributed by atoms with Crippen molar-refractivity contribution >= 4 is 34.6 Å². The van der Waals surface area contributed by atoms with Crippen molar-refractivity contribution in [1.82, 2.24) is 15.0 Å². The minimum Gasteiger partial charge on any atom is -0.382 e. The molecule has 0 radical (unpaired) electrons. The molecule has 0 aliphatic heterocycles. The van der Waals surface area contributed by atoms with Crippen LogP contribution in [0.4, 0.5) is 0 Å². The van der Waals surface area contributed by atoms with Crippen molar-refractivity contribution in [3.8, 4) is 0 Å². The normalized spacial score (nSPS) is 11.6. The summed E-state index contributed by atoms with van der Waals surface area (Å²) in [5.41, 5.74) is 4.33. The fourth-order valence-corrected chi connectivity index (χ4v) is 5.37. The number of pyridine rings is 1. The number of hydrogen-bond acceptors (Lipinski definition) is 11. The van der Waals surface area contributed by atoms with Crippen molar-refractivity contribution in [1.29, 1.82) is 0 Å². The summed E-state index contributed by atoms with van der Waals surface area (Å²) in [6.45, 7) is 9.44. The van der Waals surface area contributed by atoms with Gasteiger partial charge < -0.3 is 38.1 Å². The van der Waals surface area contributed by atoms with E-state index in [0.717, 1.165) is 33.4 Å². The van der Waals surface area contributed by atoms with Crippen LogP contribution >= 0.6 is 23.5 Å². The Morgan fingerprint density at radius 2 is 1.24 bits per heavy atom. The average Bonchev–Trinajstić information content (AvgIpc) is 3.41. The number of fused-ring (bicyclic) bond motifs is 1. The van der Waals surface area contributed by atoms with Gasteiger partial charge in [-0.05, 0) is 30.7 Å². The molecule has 0 bridgehead atoms. The first kappa shape index (κ1) is 33.8. The summed E-state index contributed by atoms with van der Waals surface area (Å²) >= 11 is 3.46. The SMILES string of the molecule is COCCOCCOCCOCCOCCOCCOCCSc1ccnc(CSc2nc3ccccc3[nH]2)c1C. The van der Waals surface area contributed by atoms with Crippen LogP contribution in [0.25, 0.3) is 11.0 Å². The molecule has 0 saturated heterocycles. The van der Waals surface area contributed by atoms with Gasteiger partial charge in [-0.25, -0.2) is 4.98 Å². The van der Waals surface area contributed by atoms with Crippen molar-refractivity contribution in [3.63, 3.8) is 0 Å². The fraction of sp³-hybridized carbons (Fsp3) is 0.586. The third-order valence-electron chi connectivity index (χ3n) is 5.75. The number of aromatic amines is 1. The lowest BCUT2D eigenvalue weighted by Gasteiger charge is -2.10. The number of methoxy groups -OCH3 is 1. The van der Waals surface area contributed by atoms with Crippen LogP contribution in [0.15, 0.2) is 46.6 Å². The summed E-state index contributed by atoms with van der Waals surface area (Å²) in [5.74, 6) is 1.64. The molecule has 3 rings (SSSR count). The second-order valence-electron chi connectivity index (χ2n) is 8.74. The van der Waals surface area contributed by atoms with Crippen LogP contribution in [0.1, 0.15) is 11.3 Å². The molecule has 0 amide bonds. The molecule has 0 spiro atoms. The van der Waals surface area contributed by atoms with E-state index in [2.05, 4.69) is 27.9 Å². The van der Waals surface area contributed by atoms with Gasteiger partial charge in [-0.1, -0.05) is 23.9 Å². The maximum absolute atomic E-state index is 5.72. The quantitative estimate of drug-likeness (QED) is 0.109. The number of rotatable bonds is 25. The molecular formula is C29H43N3O7S2. The van der Waals surface area contributed by atoms with Gasteiger partial charge in [0.25, 0.3) is 0 Å². The second kappa shape index (κ2) is 21.9. The van der Waals surface area contributed by atoms with Gasteiger partial charge in [-0.3, -0.25) is 4.98 Å². The number of imidazole rings is 1. The largest absolute Gasteiger partial charge is 0.382 e. The number of H-pyrrole nitrogens is 1. The zero-order valence-electron chi connectivity index (χ0n) is 24.1. The lowest BCUT2D eigenvalue weighted by Crippen LogP contribution is -2.14. The highest BCUT2D eigenvalue weighted by Gasteiger charge is 2.09. The first-order valence-electron chi connectivity index (χ1n) is 13.9. The van der Waals surface area contributed by atoms with Crippen molar-refractivity contribution in [2.45, 2.75) is 22.7 Å². The number of benzene rings is 1. The molecule has 2 heterocycles. The van der Waals surface area contributed by atoms with Crippen LogP contribution < -0.4 is 0 Å². The lowest BCUT2D eigenvalue weighted by atomic mass is 10.2. The standard InChI is InChI=1S/C29H43N3O7S2/c1-24-27(23-41-29-31-25-5-3-4-6-26(25)32-29)30-8-7-28(24)40-22-21-39-20-19-38-18-17-37-16-15-36-14-13-35-12-11-34-10-9-33-2/h3-8H,9-23H2,1-2H3,(H,31,32). The average molecular weight is 610 g/mol. The number of thioether (sulfide) groups is 2. The van der Waals surface area contributed by atoms with E-state index in [1.54, 1.807) is 30.6 Å². The van der Waals surface area contributed by atoms with E-state index in [9.17, 15) is 0 Å². The number of para-hydroxylation sites is 2. The maximum atomic E-state index is 5.72. The van der Waals surface area contributed by atoms with Crippen molar-refractivity contribution in [3.05, 3.63) is 47.8 Å². The van der Waals surface area contributed by atoms with Crippen LogP contribution in [0.2, 0.25) is 0 Å². The topological polar surface area (TPSA) is 106 Å². The molecular weight excluding hydrogens is 566 g/mol. The number of hydrogen-bond donors (Lipinski definition) is 1. The Bertz CT molecular complexity index is 1060. The number of aromatic nitrogens is 3. The first-order valence-corrected chi connectivity index (χ1v) is 15.8. The van der Waals surface area contributed by atoms with Crippen molar-refractivity contribution < 1.29 is 33.2 Å². The van der Waals surface area contributed by atoms with Crippen LogP contribution in [-0.2, 0) is 38.9 Å². The Labute approximate surface area is 251 Å². The molecule has 228 valence electrons. The number of ether oxygens (including phenoxy) is 7. The van der Waals surface area contributed by atoms with Gasteiger partial charge >= 0.3 is 0 Å². The zero-order chi connectivity index (χ0) is 28.8. The molecule has 2 aromatic heterocycles.